The quantitative estimate of drug-likeness (QED) is 0.157. The van der Waals surface area contributed by atoms with Crippen molar-refractivity contribution in [3.8, 4) is 11.1 Å². The minimum absolute atomic E-state index is 0.0887. The molecule has 6 nitrogen and oxygen atoms in total. The van der Waals surface area contributed by atoms with E-state index in [0.29, 0.717) is 40.4 Å². The molecule has 3 N–H and O–H groups in total. The van der Waals surface area contributed by atoms with Crippen LogP contribution in [-0.2, 0) is 15.8 Å². The van der Waals surface area contributed by atoms with Crippen LogP contribution in [0.4, 0.5) is 18.9 Å². The van der Waals surface area contributed by atoms with Crippen molar-refractivity contribution in [3.63, 3.8) is 0 Å². The van der Waals surface area contributed by atoms with Crippen molar-refractivity contribution in [3.05, 3.63) is 120 Å². The third-order valence-electron chi connectivity index (χ3n) is 7.14. The molecule has 0 unspecified atom stereocenters. The van der Waals surface area contributed by atoms with Crippen LogP contribution >= 0.6 is 11.8 Å². The van der Waals surface area contributed by atoms with E-state index >= 15 is 0 Å². The third kappa shape index (κ3) is 8.29. The van der Waals surface area contributed by atoms with E-state index in [1.54, 1.807) is 48.5 Å². The van der Waals surface area contributed by atoms with Gasteiger partial charge in [0.1, 0.15) is 6.04 Å². The number of rotatable bonds is 11. The van der Waals surface area contributed by atoms with E-state index < -0.39 is 23.7 Å². The van der Waals surface area contributed by atoms with Crippen LogP contribution in [-0.4, -0.2) is 30.0 Å². The zero-order valence-corrected chi connectivity index (χ0v) is 24.4. The number of amides is 3. The van der Waals surface area contributed by atoms with Crippen molar-refractivity contribution < 1.29 is 27.6 Å². The largest absolute Gasteiger partial charge is 0.416 e. The molecule has 0 spiro atoms. The maximum absolute atomic E-state index is 13.1. The lowest BCUT2D eigenvalue weighted by Gasteiger charge is -2.19. The Kier molecular flexibility index (Phi) is 9.69. The van der Waals surface area contributed by atoms with Gasteiger partial charge in [0, 0.05) is 22.7 Å². The maximum atomic E-state index is 13.1. The summed E-state index contributed by atoms with van der Waals surface area (Å²) in [6, 6.07) is 26.7. The Balaban J connectivity index is 1.17. The Bertz CT molecular complexity index is 1610. The molecule has 4 aromatic carbocycles. The topological polar surface area (TPSA) is 87.3 Å². The third-order valence-corrected chi connectivity index (χ3v) is 8.15. The normalized spacial score (nSPS) is 13.5. The Labute approximate surface area is 257 Å². The van der Waals surface area contributed by atoms with Gasteiger partial charge in [0.05, 0.1) is 11.3 Å². The zero-order valence-electron chi connectivity index (χ0n) is 23.6. The Hall–Kier alpha value is -4.57. The van der Waals surface area contributed by atoms with Gasteiger partial charge in [-0.1, -0.05) is 60.7 Å². The molecule has 1 aliphatic rings. The average molecular weight is 618 g/mol. The minimum Gasteiger partial charge on any atom is -0.354 e. The van der Waals surface area contributed by atoms with Crippen molar-refractivity contribution in [2.24, 2.45) is 5.92 Å². The molecule has 1 saturated carbocycles. The van der Waals surface area contributed by atoms with Crippen molar-refractivity contribution in [1.82, 2.24) is 10.6 Å². The summed E-state index contributed by atoms with van der Waals surface area (Å²) in [6.07, 6.45) is -2.23. The zero-order chi connectivity index (χ0) is 31.1. The molecule has 0 saturated heterocycles. The maximum Gasteiger partial charge on any atom is 0.416 e. The summed E-state index contributed by atoms with van der Waals surface area (Å²) >= 11 is 1.30. The van der Waals surface area contributed by atoms with Crippen LogP contribution in [0.1, 0.15) is 40.4 Å². The molecule has 0 aromatic heterocycles. The number of benzene rings is 4. The first-order valence-electron chi connectivity index (χ1n) is 14.1. The van der Waals surface area contributed by atoms with E-state index in [4.69, 9.17) is 0 Å². The number of carbonyl (C=O) groups excluding carboxylic acids is 3. The average Bonchev–Trinajstić information content (AvgIpc) is 3.87. The van der Waals surface area contributed by atoms with Crippen LogP contribution in [0.25, 0.3) is 11.1 Å². The molecule has 0 radical (unpaired) electrons. The van der Waals surface area contributed by atoms with Crippen LogP contribution < -0.4 is 16.0 Å². The van der Waals surface area contributed by atoms with Crippen LogP contribution in [0, 0.1) is 5.92 Å². The second-order valence-electron chi connectivity index (χ2n) is 10.5. The summed E-state index contributed by atoms with van der Waals surface area (Å²) < 4.78 is 38.9. The minimum atomic E-state index is -4.44. The number of thioether (sulfide) groups is 1. The van der Waals surface area contributed by atoms with Crippen LogP contribution in [0.2, 0.25) is 0 Å². The van der Waals surface area contributed by atoms with Gasteiger partial charge in [0.25, 0.3) is 5.91 Å². The number of carbonyl (C=O) groups is 3. The van der Waals surface area contributed by atoms with E-state index in [0.717, 1.165) is 29.9 Å². The molecule has 1 aliphatic carbocycles. The van der Waals surface area contributed by atoms with Crippen LogP contribution in [0.3, 0.4) is 0 Å². The number of nitrogens with one attached hydrogen (secondary N) is 3. The Morgan fingerprint density at radius 2 is 1.48 bits per heavy atom. The summed E-state index contributed by atoms with van der Waals surface area (Å²) in [5, 5.41) is 8.61. The summed E-state index contributed by atoms with van der Waals surface area (Å²) in [5.74, 6) is -0.328. The van der Waals surface area contributed by atoms with Gasteiger partial charge < -0.3 is 16.0 Å². The molecule has 0 bridgehead atoms. The fraction of sp³-hybridized carbons (Fsp3) is 0.206. The predicted octanol–water partition coefficient (Wildman–Crippen LogP) is 7.10. The van der Waals surface area contributed by atoms with Crippen molar-refractivity contribution in [2.45, 2.75) is 30.0 Å². The van der Waals surface area contributed by atoms with Gasteiger partial charge >= 0.3 is 6.18 Å². The van der Waals surface area contributed by atoms with Crippen LogP contribution in [0.5, 0.6) is 0 Å². The number of hydrogen-bond donors (Lipinski definition) is 3. The molecule has 1 atom stereocenters. The molecule has 10 heteroatoms. The lowest BCUT2D eigenvalue weighted by molar-refractivity contribution is -0.137. The van der Waals surface area contributed by atoms with Gasteiger partial charge in [-0.2, -0.15) is 13.2 Å². The second-order valence-corrected chi connectivity index (χ2v) is 11.5. The van der Waals surface area contributed by atoms with Crippen molar-refractivity contribution in [2.75, 3.05) is 17.6 Å². The first-order valence-corrected chi connectivity index (χ1v) is 15.1. The number of alkyl halides is 3. The van der Waals surface area contributed by atoms with E-state index in [1.807, 2.05) is 30.3 Å². The van der Waals surface area contributed by atoms with E-state index in [1.165, 1.54) is 23.9 Å². The van der Waals surface area contributed by atoms with E-state index in [-0.39, 0.29) is 17.6 Å². The fourth-order valence-electron chi connectivity index (χ4n) is 4.57. The highest BCUT2D eigenvalue weighted by molar-refractivity contribution is 8.00. The molecule has 1 fully saturated rings. The lowest BCUT2D eigenvalue weighted by Crippen LogP contribution is -2.41. The first-order chi connectivity index (χ1) is 21.2. The Morgan fingerprint density at radius 1 is 0.818 bits per heavy atom. The molecular weight excluding hydrogens is 587 g/mol. The monoisotopic (exact) mass is 617 g/mol. The number of hydrogen-bond acceptors (Lipinski definition) is 4. The van der Waals surface area contributed by atoms with Crippen LogP contribution in [0.15, 0.2) is 108 Å². The van der Waals surface area contributed by atoms with Gasteiger partial charge in [-0.25, -0.2) is 0 Å². The summed E-state index contributed by atoms with van der Waals surface area (Å²) in [5.41, 5.74) is 1.78. The summed E-state index contributed by atoms with van der Waals surface area (Å²) in [4.78, 5) is 39.6. The van der Waals surface area contributed by atoms with Crippen molar-refractivity contribution in [1.29, 1.82) is 0 Å². The summed E-state index contributed by atoms with van der Waals surface area (Å²) in [7, 11) is 0. The predicted molar refractivity (Wildman–Crippen MR) is 165 cm³/mol. The van der Waals surface area contributed by atoms with E-state index in [9.17, 15) is 27.6 Å². The standard InChI is InChI=1S/C34H30F3N3O3S/c35-34(36,37)25-14-12-23(13-15-25)28-8-4-5-9-29(28)32(42)39-26-16-18-27(19-17-26)44-21-30(41)40-31(24-6-2-1-3-7-24)33(43)38-20-22-10-11-22/h1-9,12-19,22,31H,10-11,20-21H2,(H,38,43)(H,39,42)(H,40,41)/t31-/m0/s1. The molecule has 0 heterocycles. The van der Waals surface area contributed by atoms with E-state index in [2.05, 4.69) is 16.0 Å². The highest BCUT2D eigenvalue weighted by atomic mass is 32.2. The Morgan fingerprint density at radius 3 is 2.14 bits per heavy atom. The molecule has 5 rings (SSSR count). The highest BCUT2D eigenvalue weighted by Gasteiger charge is 2.30. The fourth-order valence-corrected chi connectivity index (χ4v) is 5.28. The number of halogens is 3. The van der Waals surface area contributed by atoms with Gasteiger partial charge in [-0.3, -0.25) is 14.4 Å². The second kappa shape index (κ2) is 13.8. The van der Waals surface area contributed by atoms with Gasteiger partial charge in [0.15, 0.2) is 0 Å². The van der Waals surface area contributed by atoms with Gasteiger partial charge in [-0.05, 0) is 77.9 Å². The number of anilines is 1. The highest BCUT2D eigenvalue weighted by Crippen LogP contribution is 2.32. The molecule has 44 heavy (non-hydrogen) atoms. The van der Waals surface area contributed by atoms with Gasteiger partial charge in [0.2, 0.25) is 11.8 Å². The smallest absolute Gasteiger partial charge is 0.354 e. The SMILES string of the molecule is O=C(CSc1ccc(NC(=O)c2ccccc2-c2ccc(C(F)(F)F)cc2)cc1)N[C@H](C(=O)NCC1CC1)c1ccccc1. The lowest BCUT2D eigenvalue weighted by atomic mass is 9.98. The molecule has 3 amide bonds. The molecule has 0 aliphatic heterocycles. The molecular formula is C34H30F3N3O3S. The summed E-state index contributed by atoms with van der Waals surface area (Å²) in [6.45, 7) is 0.607. The first kappa shape index (κ1) is 30.9. The molecule has 4 aromatic rings. The molecule has 226 valence electrons. The van der Waals surface area contributed by atoms with Crippen molar-refractivity contribution >= 4 is 35.2 Å². The van der Waals surface area contributed by atoms with Gasteiger partial charge in [-0.15, -0.1) is 11.8 Å².